The van der Waals surface area contributed by atoms with Crippen LogP contribution in [0.2, 0.25) is 0 Å². The van der Waals surface area contributed by atoms with E-state index in [4.69, 9.17) is 13.9 Å². The van der Waals surface area contributed by atoms with Gasteiger partial charge in [-0.15, -0.1) is 0 Å². The van der Waals surface area contributed by atoms with Crippen molar-refractivity contribution in [1.29, 1.82) is 0 Å². The van der Waals surface area contributed by atoms with Gasteiger partial charge in [-0.1, -0.05) is 6.07 Å². The second-order valence-corrected chi connectivity index (χ2v) is 8.45. The number of rotatable bonds is 8. The molecule has 36 heavy (non-hydrogen) atoms. The molecule has 9 nitrogen and oxygen atoms in total. The normalized spacial score (nSPS) is 13.7. The molecule has 3 N–H and O–H groups in total. The molecule has 0 radical (unpaired) electrons. The van der Waals surface area contributed by atoms with Crippen molar-refractivity contribution in [3.05, 3.63) is 76.2 Å². The summed E-state index contributed by atoms with van der Waals surface area (Å²) < 4.78 is 16.5. The Bertz CT molecular complexity index is 1290. The molecule has 0 bridgehead atoms. The Labute approximate surface area is 209 Å². The van der Waals surface area contributed by atoms with Gasteiger partial charge in [-0.25, -0.2) is 5.43 Å². The SMILES string of the molecule is COc1ccc(CCNC(=O)c2oc3c(c2C)/C(=N/NC(=O)c2ccc(O)cc2)CCC3)cc1OC. The van der Waals surface area contributed by atoms with Crippen LogP contribution in [0.25, 0.3) is 0 Å². The molecule has 0 atom stereocenters. The minimum absolute atomic E-state index is 0.0818. The number of nitrogens with one attached hydrogen (secondary N) is 2. The number of ether oxygens (including phenoxy) is 2. The Morgan fingerprint density at radius 2 is 1.78 bits per heavy atom. The van der Waals surface area contributed by atoms with Crippen molar-refractivity contribution in [2.24, 2.45) is 5.10 Å². The Balaban J connectivity index is 1.43. The smallest absolute Gasteiger partial charge is 0.287 e. The highest BCUT2D eigenvalue weighted by atomic mass is 16.5. The predicted molar refractivity (Wildman–Crippen MR) is 134 cm³/mol. The quantitative estimate of drug-likeness (QED) is 0.413. The Kier molecular flexibility index (Phi) is 7.58. The predicted octanol–water partition coefficient (Wildman–Crippen LogP) is 3.75. The summed E-state index contributed by atoms with van der Waals surface area (Å²) in [4.78, 5) is 25.3. The molecule has 9 heteroatoms. The molecule has 1 aliphatic carbocycles. The summed E-state index contributed by atoms with van der Waals surface area (Å²) in [6.45, 7) is 2.25. The fourth-order valence-electron chi connectivity index (χ4n) is 4.23. The van der Waals surface area contributed by atoms with E-state index >= 15 is 0 Å². The maximum absolute atomic E-state index is 12.9. The van der Waals surface area contributed by atoms with Gasteiger partial charge in [0, 0.05) is 29.7 Å². The molecular weight excluding hydrogens is 462 g/mol. The Morgan fingerprint density at radius 1 is 1.03 bits per heavy atom. The lowest BCUT2D eigenvalue weighted by Crippen LogP contribution is -2.26. The van der Waals surface area contributed by atoms with Crippen LogP contribution in [0.5, 0.6) is 17.2 Å². The monoisotopic (exact) mass is 491 g/mol. The molecule has 2 aromatic carbocycles. The van der Waals surface area contributed by atoms with Gasteiger partial charge in [0.15, 0.2) is 17.3 Å². The van der Waals surface area contributed by atoms with Crippen molar-refractivity contribution in [1.82, 2.24) is 10.7 Å². The number of carbonyl (C=O) groups excluding carboxylic acids is 2. The summed E-state index contributed by atoms with van der Waals surface area (Å²) in [5.74, 6) is 1.64. The summed E-state index contributed by atoms with van der Waals surface area (Å²) in [6, 6.07) is 11.6. The number of fused-ring (bicyclic) bond motifs is 1. The molecule has 188 valence electrons. The molecular formula is C27H29N3O6. The Hall–Kier alpha value is -4.27. The van der Waals surface area contributed by atoms with Crippen molar-refractivity contribution < 1.29 is 28.6 Å². The van der Waals surface area contributed by atoms with Crippen LogP contribution in [-0.2, 0) is 12.8 Å². The molecule has 0 fully saturated rings. The second-order valence-electron chi connectivity index (χ2n) is 8.45. The van der Waals surface area contributed by atoms with E-state index in [1.807, 2.05) is 25.1 Å². The molecule has 0 saturated heterocycles. The number of hydrazone groups is 1. The van der Waals surface area contributed by atoms with E-state index in [1.54, 1.807) is 14.2 Å². The minimum atomic E-state index is -0.385. The number of carbonyl (C=O) groups is 2. The highest BCUT2D eigenvalue weighted by Gasteiger charge is 2.28. The summed E-state index contributed by atoms with van der Waals surface area (Å²) in [5.41, 5.74) is 6.10. The molecule has 0 saturated carbocycles. The third-order valence-electron chi connectivity index (χ3n) is 6.10. The number of nitrogens with zero attached hydrogens (tertiary/aromatic N) is 1. The van der Waals surface area contributed by atoms with E-state index in [0.717, 1.165) is 17.5 Å². The number of furan rings is 1. The maximum Gasteiger partial charge on any atom is 0.287 e. The lowest BCUT2D eigenvalue weighted by Gasteiger charge is -2.13. The summed E-state index contributed by atoms with van der Waals surface area (Å²) in [6.07, 6.45) is 2.76. The fraction of sp³-hybridized carbons (Fsp3) is 0.296. The molecule has 0 spiro atoms. The van der Waals surface area contributed by atoms with Crippen LogP contribution in [0.4, 0.5) is 0 Å². The van der Waals surface area contributed by atoms with Gasteiger partial charge in [0.05, 0.1) is 19.9 Å². The van der Waals surface area contributed by atoms with Crippen molar-refractivity contribution >= 4 is 17.5 Å². The van der Waals surface area contributed by atoms with Gasteiger partial charge in [-0.3, -0.25) is 9.59 Å². The molecule has 4 rings (SSSR count). The van der Waals surface area contributed by atoms with Crippen LogP contribution in [0.3, 0.4) is 0 Å². The molecule has 0 aliphatic heterocycles. The number of methoxy groups -OCH3 is 2. The zero-order chi connectivity index (χ0) is 25.7. The summed E-state index contributed by atoms with van der Waals surface area (Å²) in [5, 5.41) is 16.6. The van der Waals surface area contributed by atoms with E-state index < -0.39 is 0 Å². The number of aryl methyl sites for hydroxylation is 1. The third-order valence-corrected chi connectivity index (χ3v) is 6.10. The van der Waals surface area contributed by atoms with Crippen molar-refractivity contribution in [3.8, 4) is 17.2 Å². The number of phenols is 1. The van der Waals surface area contributed by atoms with E-state index in [9.17, 15) is 14.7 Å². The highest BCUT2D eigenvalue weighted by Crippen LogP contribution is 2.30. The molecule has 2 amide bonds. The van der Waals surface area contributed by atoms with Crippen molar-refractivity contribution in [2.75, 3.05) is 20.8 Å². The lowest BCUT2D eigenvalue weighted by molar-refractivity contribution is 0.0922. The minimum Gasteiger partial charge on any atom is -0.508 e. The molecule has 3 aromatic rings. The van der Waals surface area contributed by atoms with Crippen molar-refractivity contribution in [3.63, 3.8) is 0 Å². The van der Waals surface area contributed by atoms with Crippen LogP contribution in [0, 0.1) is 6.92 Å². The van der Waals surface area contributed by atoms with Crippen LogP contribution in [0.1, 0.15) is 56.2 Å². The van der Waals surface area contributed by atoms with Gasteiger partial charge in [0.25, 0.3) is 11.8 Å². The van der Waals surface area contributed by atoms with Crippen LogP contribution < -0.4 is 20.2 Å². The van der Waals surface area contributed by atoms with E-state index in [-0.39, 0.29) is 23.3 Å². The van der Waals surface area contributed by atoms with E-state index in [1.165, 1.54) is 24.3 Å². The summed E-state index contributed by atoms with van der Waals surface area (Å²) in [7, 11) is 3.17. The second kappa shape index (κ2) is 11.0. The van der Waals surface area contributed by atoms with Gasteiger partial charge >= 0.3 is 0 Å². The number of phenolic OH excluding ortho intramolecular Hbond substituents is 1. The first-order chi connectivity index (χ1) is 17.4. The van der Waals surface area contributed by atoms with E-state index in [0.29, 0.717) is 59.9 Å². The van der Waals surface area contributed by atoms with Gasteiger partial charge in [-0.05, 0) is 68.1 Å². The number of aromatic hydroxyl groups is 1. The average molecular weight is 492 g/mol. The van der Waals surface area contributed by atoms with Crippen LogP contribution >= 0.6 is 0 Å². The van der Waals surface area contributed by atoms with Crippen LogP contribution in [0.15, 0.2) is 52.0 Å². The highest BCUT2D eigenvalue weighted by molar-refractivity contribution is 6.07. The van der Waals surface area contributed by atoms with Gasteiger partial charge in [0.1, 0.15) is 11.5 Å². The topological polar surface area (TPSA) is 122 Å². The number of hydrogen-bond acceptors (Lipinski definition) is 7. The van der Waals surface area contributed by atoms with Gasteiger partial charge in [0.2, 0.25) is 0 Å². The third kappa shape index (κ3) is 5.35. The van der Waals surface area contributed by atoms with Gasteiger partial charge < -0.3 is 24.3 Å². The summed E-state index contributed by atoms with van der Waals surface area (Å²) >= 11 is 0. The first-order valence-electron chi connectivity index (χ1n) is 11.7. The van der Waals surface area contributed by atoms with Crippen molar-refractivity contribution in [2.45, 2.75) is 32.6 Å². The fourth-order valence-corrected chi connectivity index (χ4v) is 4.23. The first-order valence-corrected chi connectivity index (χ1v) is 11.7. The average Bonchev–Trinajstić information content (AvgIpc) is 3.24. The maximum atomic E-state index is 12.9. The number of amides is 2. The zero-order valence-corrected chi connectivity index (χ0v) is 20.5. The van der Waals surface area contributed by atoms with E-state index in [2.05, 4.69) is 15.8 Å². The van der Waals surface area contributed by atoms with Crippen LogP contribution in [-0.4, -0.2) is 43.4 Å². The molecule has 1 aliphatic rings. The number of hydrogen-bond donors (Lipinski definition) is 3. The number of benzene rings is 2. The first kappa shape index (κ1) is 24.8. The Morgan fingerprint density at radius 3 is 2.50 bits per heavy atom. The standard InChI is InChI=1S/C27H29N3O6/c1-16-24-20(29-30-26(32)18-8-10-19(31)11-9-18)5-4-6-22(24)36-25(16)27(33)28-14-13-17-7-12-21(34-2)23(15-17)35-3/h7-12,15,31H,4-6,13-14H2,1-3H3,(H,28,33)(H,30,32)/b29-20+. The van der Waals surface area contributed by atoms with Gasteiger partial charge in [-0.2, -0.15) is 5.10 Å². The molecule has 1 aromatic heterocycles. The largest absolute Gasteiger partial charge is 0.508 e. The molecule has 0 unspecified atom stereocenters. The lowest BCUT2D eigenvalue weighted by atomic mass is 9.93. The molecule has 1 heterocycles. The zero-order valence-electron chi connectivity index (χ0n) is 20.5.